The fourth-order valence-electron chi connectivity index (χ4n) is 4.33. The SMILES string of the molecule is CC[C@@H](C)N(Cc1c(-c2ccccc2)noc1N1CCC(C)CC1)C(=O)c1cccc(F)c1. The van der Waals surface area contributed by atoms with Crippen LogP contribution in [0, 0.1) is 11.7 Å². The molecule has 4 rings (SSSR count). The van der Waals surface area contributed by atoms with Gasteiger partial charge in [0, 0.05) is 30.3 Å². The van der Waals surface area contributed by atoms with Crippen molar-refractivity contribution in [1.82, 2.24) is 10.1 Å². The molecule has 2 aromatic carbocycles. The number of carbonyl (C=O) groups is 1. The zero-order valence-corrected chi connectivity index (χ0v) is 19.6. The van der Waals surface area contributed by atoms with Gasteiger partial charge in [-0.15, -0.1) is 0 Å². The third-order valence-corrected chi connectivity index (χ3v) is 6.67. The molecule has 0 radical (unpaired) electrons. The van der Waals surface area contributed by atoms with E-state index < -0.39 is 5.82 Å². The van der Waals surface area contributed by atoms with Gasteiger partial charge in [0.25, 0.3) is 5.91 Å². The summed E-state index contributed by atoms with van der Waals surface area (Å²) in [5.41, 5.74) is 2.96. The van der Waals surface area contributed by atoms with Gasteiger partial charge in [0.15, 0.2) is 0 Å². The quantitative estimate of drug-likeness (QED) is 0.434. The molecule has 1 fully saturated rings. The van der Waals surface area contributed by atoms with Gasteiger partial charge in [-0.05, 0) is 50.3 Å². The molecule has 1 aliphatic rings. The minimum absolute atomic E-state index is 0.0338. The number of amides is 1. The Labute approximate surface area is 195 Å². The molecule has 1 aromatic heterocycles. The van der Waals surface area contributed by atoms with Crippen LogP contribution in [0.25, 0.3) is 11.3 Å². The molecular weight excluding hydrogens is 417 g/mol. The molecule has 0 spiro atoms. The van der Waals surface area contributed by atoms with Crippen molar-refractivity contribution in [2.75, 3.05) is 18.0 Å². The highest BCUT2D eigenvalue weighted by Crippen LogP contribution is 2.35. The van der Waals surface area contributed by atoms with E-state index in [0.29, 0.717) is 18.0 Å². The summed E-state index contributed by atoms with van der Waals surface area (Å²) in [5.74, 6) is 0.818. The van der Waals surface area contributed by atoms with Gasteiger partial charge in [0.1, 0.15) is 11.5 Å². The molecule has 0 saturated carbocycles. The summed E-state index contributed by atoms with van der Waals surface area (Å²) >= 11 is 0. The molecule has 5 nitrogen and oxygen atoms in total. The summed E-state index contributed by atoms with van der Waals surface area (Å²) in [6.45, 7) is 8.50. The number of hydrogen-bond donors (Lipinski definition) is 0. The van der Waals surface area contributed by atoms with E-state index in [9.17, 15) is 9.18 Å². The number of anilines is 1. The molecule has 3 aromatic rings. The summed E-state index contributed by atoms with van der Waals surface area (Å²) in [6.07, 6.45) is 2.97. The van der Waals surface area contributed by atoms with Crippen molar-refractivity contribution in [1.29, 1.82) is 0 Å². The molecule has 6 heteroatoms. The Hall–Kier alpha value is -3.15. The van der Waals surface area contributed by atoms with Crippen LogP contribution in [0.1, 0.15) is 56.0 Å². The molecule has 174 valence electrons. The Morgan fingerprint density at radius 3 is 2.58 bits per heavy atom. The summed E-state index contributed by atoms with van der Waals surface area (Å²) < 4.78 is 19.8. The predicted molar refractivity (Wildman–Crippen MR) is 129 cm³/mol. The Morgan fingerprint density at radius 2 is 1.91 bits per heavy atom. The summed E-state index contributed by atoms with van der Waals surface area (Å²) in [6, 6.07) is 15.8. The molecular formula is C27H32FN3O2. The van der Waals surface area contributed by atoms with Crippen LogP contribution in [0.4, 0.5) is 10.3 Å². The van der Waals surface area contributed by atoms with E-state index in [-0.39, 0.29) is 11.9 Å². The lowest BCUT2D eigenvalue weighted by Crippen LogP contribution is -2.39. The van der Waals surface area contributed by atoms with Crippen molar-refractivity contribution in [3.05, 3.63) is 71.5 Å². The number of hydrogen-bond acceptors (Lipinski definition) is 4. The third-order valence-electron chi connectivity index (χ3n) is 6.67. The average Bonchev–Trinajstić information content (AvgIpc) is 3.26. The van der Waals surface area contributed by atoms with E-state index >= 15 is 0 Å². The van der Waals surface area contributed by atoms with Crippen LogP contribution in [-0.4, -0.2) is 35.1 Å². The van der Waals surface area contributed by atoms with Gasteiger partial charge < -0.3 is 14.3 Å². The maximum absolute atomic E-state index is 13.9. The molecule has 0 bridgehead atoms. The van der Waals surface area contributed by atoms with Crippen molar-refractivity contribution in [3.63, 3.8) is 0 Å². The summed E-state index contributed by atoms with van der Waals surface area (Å²) in [5, 5.41) is 4.45. The van der Waals surface area contributed by atoms with Crippen molar-refractivity contribution < 1.29 is 13.7 Å². The lowest BCUT2D eigenvalue weighted by atomic mass is 9.98. The Bertz CT molecular complexity index is 1070. The van der Waals surface area contributed by atoms with Gasteiger partial charge in [-0.2, -0.15) is 0 Å². The van der Waals surface area contributed by atoms with Gasteiger partial charge in [-0.3, -0.25) is 4.79 Å². The highest BCUT2D eigenvalue weighted by molar-refractivity contribution is 5.94. The lowest BCUT2D eigenvalue weighted by Gasteiger charge is -2.32. The van der Waals surface area contributed by atoms with Crippen molar-refractivity contribution in [3.8, 4) is 11.3 Å². The molecule has 0 N–H and O–H groups in total. The number of aromatic nitrogens is 1. The molecule has 33 heavy (non-hydrogen) atoms. The number of rotatable bonds is 7. The minimum Gasteiger partial charge on any atom is -0.340 e. The molecule has 0 unspecified atom stereocenters. The number of halogens is 1. The van der Waals surface area contributed by atoms with Crippen molar-refractivity contribution in [2.45, 2.75) is 52.6 Å². The van der Waals surface area contributed by atoms with E-state index in [1.807, 2.05) is 42.2 Å². The number of benzene rings is 2. The maximum Gasteiger partial charge on any atom is 0.254 e. The van der Waals surface area contributed by atoms with Gasteiger partial charge in [0.2, 0.25) is 5.88 Å². The second-order valence-corrected chi connectivity index (χ2v) is 9.05. The van der Waals surface area contributed by atoms with E-state index in [0.717, 1.165) is 55.1 Å². The number of carbonyl (C=O) groups excluding carboxylic acids is 1. The molecule has 0 aliphatic carbocycles. The second kappa shape index (κ2) is 10.2. The lowest BCUT2D eigenvalue weighted by molar-refractivity contribution is 0.0671. The summed E-state index contributed by atoms with van der Waals surface area (Å²) in [7, 11) is 0. The topological polar surface area (TPSA) is 49.6 Å². The zero-order valence-electron chi connectivity index (χ0n) is 19.6. The van der Waals surface area contributed by atoms with Gasteiger partial charge in [-0.1, -0.05) is 55.4 Å². The standard InChI is InChI=1S/C27H32FN3O2/c1-4-20(3)31(26(32)22-11-8-12-23(28)17-22)18-24-25(21-9-6-5-7-10-21)29-33-27(24)30-15-13-19(2)14-16-30/h5-12,17,19-20H,4,13-16,18H2,1-3H3/t20-/m1/s1. The van der Waals surface area contributed by atoms with Crippen molar-refractivity contribution in [2.24, 2.45) is 5.92 Å². The first kappa shape index (κ1) is 23.0. The number of piperidine rings is 1. The van der Waals surface area contributed by atoms with Crippen LogP contribution in [0.5, 0.6) is 0 Å². The first-order valence-corrected chi connectivity index (χ1v) is 11.8. The smallest absolute Gasteiger partial charge is 0.254 e. The van der Waals surface area contributed by atoms with Crippen LogP contribution in [-0.2, 0) is 6.54 Å². The minimum atomic E-state index is -0.414. The van der Waals surface area contributed by atoms with Crippen molar-refractivity contribution >= 4 is 11.8 Å². The average molecular weight is 450 g/mol. The maximum atomic E-state index is 13.9. The van der Waals surface area contributed by atoms with E-state index in [2.05, 4.69) is 23.9 Å². The zero-order chi connectivity index (χ0) is 23.4. The first-order valence-electron chi connectivity index (χ1n) is 11.8. The highest BCUT2D eigenvalue weighted by atomic mass is 19.1. The van der Waals surface area contributed by atoms with E-state index in [4.69, 9.17) is 4.52 Å². The van der Waals surface area contributed by atoms with E-state index in [1.54, 1.807) is 12.1 Å². The third kappa shape index (κ3) is 5.10. The van der Waals surface area contributed by atoms with E-state index in [1.165, 1.54) is 12.1 Å². The second-order valence-electron chi connectivity index (χ2n) is 9.05. The molecule has 1 saturated heterocycles. The van der Waals surface area contributed by atoms with Crippen LogP contribution >= 0.6 is 0 Å². The Kier molecular flexibility index (Phi) is 7.11. The fourth-order valence-corrected chi connectivity index (χ4v) is 4.33. The largest absolute Gasteiger partial charge is 0.340 e. The van der Waals surface area contributed by atoms with Crippen LogP contribution in [0.2, 0.25) is 0 Å². The predicted octanol–water partition coefficient (Wildman–Crippen LogP) is 6.16. The van der Waals surface area contributed by atoms with Gasteiger partial charge in [0.05, 0.1) is 12.1 Å². The van der Waals surface area contributed by atoms with Crippen LogP contribution in [0.15, 0.2) is 59.1 Å². The molecule has 1 aliphatic heterocycles. The molecule has 1 amide bonds. The number of nitrogens with zero attached hydrogens (tertiary/aromatic N) is 3. The van der Waals surface area contributed by atoms with Gasteiger partial charge >= 0.3 is 0 Å². The van der Waals surface area contributed by atoms with Crippen LogP contribution in [0.3, 0.4) is 0 Å². The summed E-state index contributed by atoms with van der Waals surface area (Å²) in [4.78, 5) is 17.6. The normalized spacial score (nSPS) is 15.5. The highest BCUT2D eigenvalue weighted by Gasteiger charge is 2.30. The molecule has 2 heterocycles. The Morgan fingerprint density at radius 1 is 1.18 bits per heavy atom. The fraction of sp³-hybridized carbons (Fsp3) is 0.407. The Balaban J connectivity index is 1.74. The molecule has 1 atom stereocenters. The first-order chi connectivity index (χ1) is 16.0. The van der Waals surface area contributed by atoms with Crippen LogP contribution < -0.4 is 4.90 Å². The van der Waals surface area contributed by atoms with Gasteiger partial charge in [-0.25, -0.2) is 4.39 Å². The monoisotopic (exact) mass is 449 g/mol.